The molecule has 0 atom stereocenters. The van der Waals surface area contributed by atoms with Crippen molar-refractivity contribution in [2.45, 2.75) is 45.8 Å². The zero-order valence-electron chi connectivity index (χ0n) is 17.1. The van der Waals surface area contributed by atoms with E-state index in [9.17, 15) is 9.59 Å². The van der Waals surface area contributed by atoms with E-state index in [0.717, 1.165) is 5.56 Å². The summed E-state index contributed by atoms with van der Waals surface area (Å²) >= 11 is 0. The number of rotatable bonds is 8. The van der Waals surface area contributed by atoms with E-state index in [1.807, 2.05) is 51.1 Å². The zero-order chi connectivity index (χ0) is 20.6. The van der Waals surface area contributed by atoms with Crippen molar-refractivity contribution in [1.29, 1.82) is 0 Å². The van der Waals surface area contributed by atoms with Crippen molar-refractivity contribution < 1.29 is 19.1 Å². The molecule has 0 fully saturated rings. The molecule has 0 saturated carbocycles. The first kappa shape index (κ1) is 21.5. The first-order chi connectivity index (χ1) is 13.2. The first-order valence-electron chi connectivity index (χ1n) is 9.49. The molecule has 0 bridgehead atoms. The van der Waals surface area contributed by atoms with E-state index in [1.54, 1.807) is 36.2 Å². The van der Waals surface area contributed by atoms with Crippen LogP contribution in [0.15, 0.2) is 54.6 Å². The number of amides is 1. The number of benzene rings is 2. The highest BCUT2D eigenvalue weighted by Gasteiger charge is 2.17. The third kappa shape index (κ3) is 7.43. The summed E-state index contributed by atoms with van der Waals surface area (Å²) in [7, 11) is 1.73. The quantitative estimate of drug-likeness (QED) is 0.632. The molecule has 0 unspecified atom stereocenters. The number of carbonyl (C=O) groups is 2. The Morgan fingerprint density at radius 2 is 1.61 bits per heavy atom. The van der Waals surface area contributed by atoms with E-state index in [2.05, 4.69) is 0 Å². The van der Waals surface area contributed by atoms with Gasteiger partial charge < -0.3 is 14.4 Å². The summed E-state index contributed by atoms with van der Waals surface area (Å²) < 4.78 is 11.0. The normalized spacial score (nSPS) is 11.0. The second-order valence-electron chi connectivity index (χ2n) is 7.72. The van der Waals surface area contributed by atoms with Crippen molar-refractivity contribution in [3.05, 3.63) is 65.7 Å². The molecule has 150 valence electrons. The molecule has 2 rings (SSSR count). The highest BCUT2D eigenvalue weighted by Crippen LogP contribution is 2.16. The van der Waals surface area contributed by atoms with Crippen LogP contribution in [-0.4, -0.2) is 36.0 Å². The van der Waals surface area contributed by atoms with Gasteiger partial charge in [0.15, 0.2) is 0 Å². The number of ether oxygens (including phenoxy) is 2. The Morgan fingerprint density at radius 3 is 2.21 bits per heavy atom. The minimum absolute atomic E-state index is 0.0844. The fourth-order valence-electron chi connectivity index (χ4n) is 2.61. The Morgan fingerprint density at radius 1 is 0.964 bits per heavy atom. The van der Waals surface area contributed by atoms with Crippen molar-refractivity contribution >= 4 is 11.9 Å². The van der Waals surface area contributed by atoms with Gasteiger partial charge in [-0.3, -0.25) is 9.59 Å². The lowest BCUT2D eigenvalue weighted by atomic mass is 10.1. The predicted molar refractivity (Wildman–Crippen MR) is 109 cm³/mol. The van der Waals surface area contributed by atoms with Crippen LogP contribution in [0.2, 0.25) is 0 Å². The van der Waals surface area contributed by atoms with E-state index in [4.69, 9.17) is 9.47 Å². The maximum Gasteiger partial charge on any atom is 0.306 e. The van der Waals surface area contributed by atoms with Crippen molar-refractivity contribution in [3.63, 3.8) is 0 Å². The monoisotopic (exact) mass is 383 g/mol. The van der Waals surface area contributed by atoms with Crippen molar-refractivity contribution in [2.24, 2.45) is 0 Å². The van der Waals surface area contributed by atoms with E-state index in [1.165, 1.54) is 0 Å². The average molecular weight is 383 g/mol. The van der Waals surface area contributed by atoms with Gasteiger partial charge in [0.1, 0.15) is 18.0 Å². The number of hydrogen-bond donors (Lipinski definition) is 0. The third-order valence-electron chi connectivity index (χ3n) is 3.99. The number of nitrogens with zero attached hydrogens (tertiary/aromatic N) is 1. The van der Waals surface area contributed by atoms with Crippen LogP contribution in [0.3, 0.4) is 0 Å². The maximum atomic E-state index is 12.5. The standard InChI is InChI=1S/C23H29NO4/c1-23(2,3)28-21(25)11-8-16-24(4)22(26)19-12-14-20(15-13-19)27-17-18-9-6-5-7-10-18/h5-7,9-10,12-15H,8,11,16-17H2,1-4H3. The van der Waals surface area contributed by atoms with Crippen LogP contribution in [0, 0.1) is 0 Å². The predicted octanol–water partition coefficient (Wildman–Crippen LogP) is 4.46. The van der Waals surface area contributed by atoms with Gasteiger partial charge in [0, 0.05) is 25.6 Å². The fourth-order valence-corrected chi connectivity index (χ4v) is 2.61. The Labute approximate surface area is 167 Å². The second kappa shape index (κ2) is 9.93. The lowest BCUT2D eigenvalue weighted by molar-refractivity contribution is -0.154. The fraction of sp³-hybridized carbons (Fsp3) is 0.391. The highest BCUT2D eigenvalue weighted by molar-refractivity contribution is 5.94. The van der Waals surface area contributed by atoms with Crippen molar-refractivity contribution in [1.82, 2.24) is 4.90 Å². The maximum absolute atomic E-state index is 12.5. The van der Waals surface area contributed by atoms with Crippen LogP contribution < -0.4 is 4.74 Å². The Kier molecular flexibility index (Phi) is 7.61. The molecule has 0 radical (unpaired) electrons. The molecule has 0 spiro atoms. The third-order valence-corrected chi connectivity index (χ3v) is 3.99. The Balaban J connectivity index is 1.79. The zero-order valence-corrected chi connectivity index (χ0v) is 17.1. The molecule has 0 aliphatic rings. The average Bonchev–Trinajstić information content (AvgIpc) is 2.65. The summed E-state index contributed by atoms with van der Waals surface area (Å²) in [6, 6.07) is 17.0. The van der Waals surface area contributed by atoms with E-state index in [0.29, 0.717) is 37.3 Å². The van der Waals surface area contributed by atoms with Gasteiger partial charge in [-0.15, -0.1) is 0 Å². The van der Waals surface area contributed by atoms with Crippen LogP contribution in [0.25, 0.3) is 0 Å². The van der Waals surface area contributed by atoms with Gasteiger partial charge >= 0.3 is 5.97 Å². The Hall–Kier alpha value is -2.82. The Bertz CT molecular complexity index is 763. The van der Waals surface area contributed by atoms with Crippen LogP contribution in [-0.2, 0) is 16.1 Å². The first-order valence-corrected chi connectivity index (χ1v) is 9.49. The second-order valence-corrected chi connectivity index (χ2v) is 7.72. The van der Waals surface area contributed by atoms with Gasteiger partial charge in [-0.1, -0.05) is 30.3 Å². The summed E-state index contributed by atoms with van der Waals surface area (Å²) in [6.07, 6.45) is 0.858. The van der Waals surface area contributed by atoms with Gasteiger partial charge in [0.25, 0.3) is 5.91 Å². The largest absolute Gasteiger partial charge is 0.489 e. The van der Waals surface area contributed by atoms with Crippen LogP contribution >= 0.6 is 0 Å². The number of carbonyl (C=O) groups excluding carboxylic acids is 2. The molecule has 28 heavy (non-hydrogen) atoms. The summed E-state index contributed by atoms with van der Waals surface area (Å²) in [5, 5.41) is 0. The SMILES string of the molecule is CN(CCCC(=O)OC(C)(C)C)C(=O)c1ccc(OCc2ccccc2)cc1. The molecule has 0 aromatic heterocycles. The van der Waals surface area contributed by atoms with E-state index < -0.39 is 5.60 Å². The minimum Gasteiger partial charge on any atom is -0.489 e. The van der Waals surface area contributed by atoms with Gasteiger partial charge in [0.2, 0.25) is 0 Å². The number of esters is 1. The van der Waals surface area contributed by atoms with Crippen LogP contribution in [0.4, 0.5) is 0 Å². The van der Waals surface area contributed by atoms with Crippen molar-refractivity contribution in [2.75, 3.05) is 13.6 Å². The van der Waals surface area contributed by atoms with Crippen LogP contribution in [0.1, 0.15) is 49.5 Å². The summed E-state index contributed by atoms with van der Waals surface area (Å²) in [5.74, 6) is 0.389. The molecule has 0 aliphatic heterocycles. The van der Waals surface area contributed by atoms with Gasteiger partial charge in [0.05, 0.1) is 0 Å². The summed E-state index contributed by atoms with van der Waals surface area (Å²) in [6.45, 7) is 6.50. The molecular formula is C23H29NO4. The smallest absolute Gasteiger partial charge is 0.306 e. The topological polar surface area (TPSA) is 55.8 Å². The summed E-state index contributed by atoms with van der Waals surface area (Å²) in [4.78, 5) is 25.9. The molecule has 1 amide bonds. The summed E-state index contributed by atoms with van der Waals surface area (Å²) in [5.41, 5.74) is 1.20. The molecule has 0 aliphatic carbocycles. The molecule has 2 aromatic carbocycles. The van der Waals surface area contributed by atoms with Crippen molar-refractivity contribution in [3.8, 4) is 5.75 Å². The van der Waals surface area contributed by atoms with Gasteiger partial charge in [-0.2, -0.15) is 0 Å². The van der Waals surface area contributed by atoms with Crippen LogP contribution in [0.5, 0.6) is 5.75 Å². The highest BCUT2D eigenvalue weighted by atomic mass is 16.6. The minimum atomic E-state index is -0.483. The van der Waals surface area contributed by atoms with E-state index >= 15 is 0 Å². The number of hydrogen-bond acceptors (Lipinski definition) is 4. The molecule has 0 saturated heterocycles. The van der Waals surface area contributed by atoms with Gasteiger partial charge in [-0.05, 0) is 57.0 Å². The van der Waals surface area contributed by atoms with Gasteiger partial charge in [-0.25, -0.2) is 0 Å². The molecule has 5 nitrogen and oxygen atoms in total. The molecule has 2 aromatic rings. The molecule has 5 heteroatoms. The molecular weight excluding hydrogens is 354 g/mol. The van der Waals surface area contributed by atoms with E-state index in [-0.39, 0.29) is 11.9 Å². The molecule has 0 N–H and O–H groups in total. The molecule has 0 heterocycles. The lowest BCUT2D eigenvalue weighted by Gasteiger charge is -2.20. The lowest BCUT2D eigenvalue weighted by Crippen LogP contribution is -2.29.